The molecule has 0 bridgehead atoms. The number of sulfonamides is 1. The first kappa shape index (κ1) is 31.9. The van der Waals surface area contributed by atoms with E-state index in [0.717, 1.165) is 68.7 Å². The normalized spacial score (nSPS) is 23.8. The summed E-state index contributed by atoms with van der Waals surface area (Å²) in [5, 5.41) is 0. The third-order valence-corrected chi connectivity index (χ3v) is 11.6. The van der Waals surface area contributed by atoms with Gasteiger partial charge in [-0.3, -0.25) is 14.6 Å². The minimum atomic E-state index is -3.19. The van der Waals surface area contributed by atoms with E-state index in [4.69, 9.17) is 0 Å². The van der Waals surface area contributed by atoms with Gasteiger partial charge in [-0.05, 0) is 83.4 Å². The molecule has 3 fully saturated rings. The highest BCUT2D eigenvalue weighted by Gasteiger charge is 2.43. The van der Waals surface area contributed by atoms with Crippen molar-refractivity contribution in [3.8, 4) is 0 Å². The lowest BCUT2D eigenvalue weighted by molar-refractivity contribution is -0.0412. The molecule has 9 nitrogen and oxygen atoms in total. The standard InChI is InChI=1S/C32H47FN6O3S/c1-23-21-37(32(4)12-16-36(17-13-32)31(40)30-24(2)34-22-35-25(30)3)18-19-39(23)29(20-26-6-8-28(33)9-7-26)27-10-14-38(15-11-27)43(5,41)42/h6-9,22-23,27,29H,10-21H2,1-5H3/t23-,29-/m0/s1. The molecule has 1 amide bonds. The number of aryl methyl sites for hydroxylation is 2. The first-order chi connectivity index (χ1) is 20.4. The molecule has 2 atom stereocenters. The molecule has 0 aliphatic carbocycles. The number of likely N-dealkylation sites (tertiary alicyclic amines) is 1. The average molecular weight is 615 g/mol. The molecule has 3 saturated heterocycles. The largest absolute Gasteiger partial charge is 0.338 e. The first-order valence-corrected chi connectivity index (χ1v) is 17.5. The van der Waals surface area contributed by atoms with E-state index in [-0.39, 0.29) is 23.3 Å². The highest BCUT2D eigenvalue weighted by Crippen LogP contribution is 2.35. The number of halogens is 1. The second-order valence-electron chi connectivity index (χ2n) is 13.1. The van der Waals surface area contributed by atoms with Gasteiger partial charge >= 0.3 is 0 Å². The number of piperazine rings is 1. The fraction of sp³-hybridized carbons (Fsp3) is 0.656. The number of aromatic nitrogens is 2. The summed E-state index contributed by atoms with van der Waals surface area (Å²) in [6.07, 6.45) is 7.13. The third kappa shape index (κ3) is 7.10. The Morgan fingerprint density at radius 3 is 2.16 bits per heavy atom. The van der Waals surface area contributed by atoms with Gasteiger partial charge in [-0.25, -0.2) is 27.1 Å². The van der Waals surface area contributed by atoms with Gasteiger partial charge in [0, 0.05) is 63.4 Å². The lowest BCUT2D eigenvalue weighted by Gasteiger charge is -2.54. The average Bonchev–Trinajstić information content (AvgIpc) is 2.97. The highest BCUT2D eigenvalue weighted by molar-refractivity contribution is 7.88. The van der Waals surface area contributed by atoms with Crippen LogP contribution in [0.15, 0.2) is 30.6 Å². The zero-order valence-corrected chi connectivity index (χ0v) is 27.1. The van der Waals surface area contributed by atoms with E-state index in [1.165, 1.54) is 24.7 Å². The van der Waals surface area contributed by atoms with Gasteiger partial charge in [0.25, 0.3) is 5.91 Å². The van der Waals surface area contributed by atoms with E-state index in [9.17, 15) is 17.6 Å². The fourth-order valence-corrected chi connectivity index (χ4v) is 8.41. The number of benzene rings is 1. The van der Waals surface area contributed by atoms with Crippen LogP contribution in [0, 0.1) is 25.6 Å². The molecule has 1 aromatic carbocycles. The van der Waals surface area contributed by atoms with Crippen molar-refractivity contribution in [1.29, 1.82) is 0 Å². The molecular formula is C32H47FN6O3S. The van der Waals surface area contributed by atoms with E-state index in [1.807, 2.05) is 30.9 Å². The van der Waals surface area contributed by atoms with Crippen LogP contribution < -0.4 is 0 Å². The lowest BCUT2D eigenvalue weighted by Crippen LogP contribution is -2.64. The van der Waals surface area contributed by atoms with Crippen molar-refractivity contribution in [2.24, 2.45) is 5.92 Å². The van der Waals surface area contributed by atoms with E-state index >= 15 is 0 Å². The maximum Gasteiger partial charge on any atom is 0.257 e. The van der Waals surface area contributed by atoms with Gasteiger partial charge in [0.05, 0.1) is 23.2 Å². The van der Waals surface area contributed by atoms with Crippen LogP contribution in [0.5, 0.6) is 0 Å². The van der Waals surface area contributed by atoms with Crippen LogP contribution in [0.2, 0.25) is 0 Å². The predicted octanol–water partition coefficient (Wildman–Crippen LogP) is 3.52. The minimum absolute atomic E-state index is 0.0156. The Morgan fingerprint density at radius 2 is 1.60 bits per heavy atom. The number of carbonyl (C=O) groups is 1. The van der Waals surface area contributed by atoms with E-state index in [2.05, 4.69) is 33.6 Å². The Kier molecular flexibility index (Phi) is 9.56. The Morgan fingerprint density at radius 1 is 1.00 bits per heavy atom. The Labute approximate surface area is 256 Å². The summed E-state index contributed by atoms with van der Waals surface area (Å²) in [4.78, 5) is 29.1. The molecule has 43 heavy (non-hydrogen) atoms. The van der Waals surface area contributed by atoms with Crippen molar-refractivity contribution in [2.45, 2.75) is 77.4 Å². The van der Waals surface area contributed by atoms with Gasteiger partial charge in [-0.1, -0.05) is 12.1 Å². The zero-order valence-electron chi connectivity index (χ0n) is 26.3. The quantitative estimate of drug-likeness (QED) is 0.472. The second-order valence-corrected chi connectivity index (χ2v) is 15.1. The Bertz CT molecular complexity index is 1370. The summed E-state index contributed by atoms with van der Waals surface area (Å²) in [6.45, 7) is 13.7. The lowest BCUT2D eigenvalue weighted by atomic mass is 9.83. The second kappa shape index (κ2) is 12.9. The van der Waals surface area contributed by atoms with Crippen LogP contribution in [-0.4, -0.2) is 113 Å². The van der Waals surface area contributed by atoms with E-state index < -0.39 is 10.0 Å². The van der Waals surface area contributed by atoms with Crippen molar-refractivity contribution < 1.29 is 17.6 Å². The number of carbonyl (C=O) groups excluding carboxylic acids is 1. The van der Waals surface area contributed by atoms with Crippen LogP contribution in [0.3, 0.4) is 0 Å². The molecule has 4 heterocycles. The number of rotatable bonds is 7. The van der Waals surface area contributed by atoms with Crippen molar-refractivity contribution in [2.75, 3.05) is 52.1 Å². The van der Waals surface area contributed by atoms with Crippen LogP contribution >= 0.6 is 0 Å². The fourth-order valence-electron chi connectivity index (χ4n) is 7.53. The van der Waals surface area contributed by atoms with Crippen LogP contribution in [0.25, 0.3) is 0 Å². The smallest absolute Gasteiger partial charge is 0.257 e. The predicted molar refractivity (Wildman–Crippen MR) is 166 cm³/mol. The van der Waals surface area contributed by atoms with Crippen molar-refractivity contribution in [3.63, 3.8) is 0 Å². The first-order valence-electron chi connectivity index (χ1n) is 15.6. The van der Waals surface area contributed by atoms with Gasteiger partial charge in [-0.15, -0.1) is 0 Å². The summed E-state index contributed by atoms with van der Waals surface area (Å²) >= 11 is 0. The minimum Gasteiger partial charge on any atom is -0.338 e. The van der Waals surface area contributed by atoms with Crippen LogP contribution in [0.1, 0.15) is 66.8 Å². The molecule has 3 aliphatic heterocycles. The summed E-state index contributed by atoms with van der Waals surface area (Å²) in [6, 6.07) is 7.41. The summed E-state index contributed by atoms with van der Waals surface area (Å²) < 4.78 is 39.6. The maximum atomic E-state index is 13.7. The molecule has 1 aromatic heterocycles. The molecule has 0 N–H and O–H groups in total. The third-order valence-electron chi connectivity index (χ3n) is 10.3. The van der Waals surface area contributed by atoms with Crippen LogP contribution in [-0.2, 0) is 16.4 Å². The Balaban J connectivity index is 1.25. The Hall–Kier alpha value is -2.47. The monoisotopic (exact) mass is 614 g/mol. The van der Waals surface area contributed by atoms with Crippen molar-refractivity contribution in [1.82, 2.24) is 29.0 Å². The van der Waals surface area contributed by atoms with Gasteiger partial charge in [0.2, 0.25) is 10.0 Å². The molecule has 0 radical (unpaired) electrons. The van der Waals surface area contributed by atoms with E-state index in [1.54, 1.807) is 4.31 Å². The van der Waals surface area contributed by atoms with Crippen LogP contribution in [0.4, 0.5) is 4.39 Å². The maximum absolute atomic E-state index is 13.7. The molecular weight excluding hydrogens is 567 g/mol. The molecule has 3 aliphatic rings. The van der Waals surface area contributed by atoms with Gasteiger partial charge in [0.15, 0.2) is 0 Å². The zero-order chi connectivity index (χ0) is 30.9. The molecule has 0 spiro atoms. The number of amides is 1. The topological polar surface area (TPSA) is 90.0 Å². The number of nitrogens with zero attached hydrogens (tertiary/aromatic N) is 6. The SMILES string of the molecule is Cc1ncnc(C)c1C(=O)N1CCC(C)(N2CCN([C@@H](Cc3ccc(F)cc3)C3CCN(S(C)(=O)=O)CC3)[C@@H](C)C2)CC1. The summed E-state index contributed by atoms with van der Waals surface area (Å²) in [5.41, 5.74) is 3.22. The van der Waals surface area contributed by atoms with Gasteiger partial charge < -0.3 is 4.90 Å². The van der Waals surface area contributed by atoms with Gasteiger partial charge in [0.1, 0.15) is 12.1 Å². The van der Waals surface area contributed by atoms with Gasteiger partial charge in [-0.2, -0.15) is 0 Å². The van der Waals surface area contributed by atoms with Crippen molar-refractivity contribution in [3.05, 3.63) is 58.9 Å². The molecule has 5 rings (SSSR count). The number of hydrogen-bond donors (Lipinski definition) is 0. The molecule has 236 valence electrons. The molecule has 0 unspecified atom stereocenters. The molecule has 2 aromatic rings. The molecule has 11 heteroatoms. The number of hydrogen-bond acceptors (Lipinski definition) is 7. The number of piperidine rings is 2. The van der Waals surface area contributed by atoms with Crippen molar-refractivity contribution >= 4 is 15.9 Å². The summed E-state index contributed by atoms with van der Waals surface area (Å²) in [5.74, 6) is 0.171. The highest BCUT2D eigenvalue weighted by atomic mass is 32.2. The molecule has 0 saturated carbocycles. The van der Waals surface area contributed by atoms with E-state index in [0.29, 0.717) is 43.7 Å². The summed E-state index contributed by atoms with van der Waals surface area (Å²) in [7, 11) is -3.19.